The monoisotopic (exact) mass is 474 g/mol. The summed E-state index contributed by atoms with van der Waals surface area (Å²) in [4.78, 5) is 35.4. The van der Waals surface area contributed by atoms with Crippen LogP contribution < -0.4 is 15.0 Å². The van der Waals surface area contributed by atoms with E-state index in [1.165, 1.54) is 14.2 Å². The molecular weight excluding hydrogens is 448 g/mol. The number of H-pyrrole nitrogens is 1. The van der Waals surface area contributed by atoms with Crippen molar-refractivity contribution >= 4 is 17.1 Å². The quantitative estimate of drug-likeness (QED) is 0.457. The van der Waals surface area contributed by atoms with Crippen molar-refractivity contribution in [3.8, 4) is 11.5 Å². The smallest absolute Gasteiger partial charge is 0.281 e. The lowest BCUT2D eigenvalue weighted by Crippen LogP contribution is -2.38. The highest BCUT2D eigenvalue weighted by Crippen LogP contribution is 2.32. The van der Waals surface area contributed by atoms with Crippen LogP contribution in [0.3, 0.4) is 0 Å². The number of hydrogen-bond acceptors (Lipinski definition) is 7. The number of benzene rings is 2. The molecule has 0 unspecified atom stereocenters. The van der Waals surface area contributed by atoms with Crippen molar-refractivity contribution in [3.63, 3.8) is 0 Å². The molecule has 2 aromatic carbocycles. The summed E-state index contributed by atoms with van der Waals surface area (Å²) in [6.45, 7) is 1.52. The summed E-state index contributed by atoms with van der Waals surface area (Å²) in [5.74, 6) is 1.43. The van der Waals surface area contributed by atoms with Gasteiger partial charge in [0.25, 0.3) is 11.5 Å². The highest BCUT2D eigenvalue weighted by Gasteiger charge is 2.30. The molecule has 3 heterocycles. The number of nitrogens with zero attached hydrogens (tertiary/aromatic N) is 5. The number of carbonyl (C=O) groups excluding carboxylic acids is 1. The van der Waals surface area contributed by atoms with E-state index in [1.54, 1.807) is 27.8 Å². The molecule has 180 valence electrons. The highest BCUT2D eigenvalue weighted by atomic mass is 16.5. The zero-order valence-electron chi connectivity index (χ0n) is 19.6. The van der Waals surface area contributed by atoms with Crippen LogP contribution in [0.25, 0.3) is 11.2 Å². The van der Waals surface area contributed by atoms with Gasteiger partial charge in [-0.1, -0.05) is 41.6 Å². The van der Waals surface area contributed by atoms with E-state index in [2.05, 4.69) is 15.3 Å². The molecule has 0 atom stereocenters. The zero-order chi connectivity index (χ0) is 24.4. The minimum Gasteiger partial charge on any atom is -0.496 e. The van der Waals surface area contributed by atoms with Crippen LogP contribution in [0.1, 0.15) is 40.5 Å². The minimum atomic E-state index is -0.304. The fourth-order valence-corrected chi connectivity index (χ4v) is 4.52. The number of nitrogens with one attached hydrogen (secondary N) is 1. The van der Waals surface area contributed by atoms with Crippen molar-refractivity contribution < 1.29 is 14.3 Å². The van der Waals surface area contributed by atoms with Gasteiger partial charge in [-0.2, -0.15) is 0 Å². The van der Waals surface area contributed by atoms with Gasteiger partial charge in [0.2, 0.25) is 0 Å². The predicted octanol–water partition coefficient (Wildman–Crippen LogP) is 2.60. The molecule has 1 aliphatic heterocycles. The Morgan fingerprint density at radius 1 is 1.03 bits per heavy atom. The molecule has 0 aliphatic carbocycles. The molecule has 1 amide bonds. The Balaban J connectivity index is 1.35. The zero-order valence-corrected chi connectivity index (χ0v) is 19.6. The second kappa shape index (κ2) is 9.57. The summed E-state index contributed by atoms with van der Waals surface area (Å²) in [6, 6.07) is 15.1. The third-order valence-electron chi connectivity index (χ3n) is 6.38. The van der Waals surface area contributed by atoms with Crippen molar-refractivity contribution in [2.45, 2.75) is 25.3 Å². The first kappa shape index (κ1) is 22.6. The average molecular weight is 475 g/mol. The van der Waals surface area contributed by atoms with Gasteiger partial charge in [0.1, 0.15) is 22.9 Å². The summed E-state index contributed by atoms with van der Waals surface area (Å²) in [5, 5.41) is 8.18. The first-order valence-electron chi connectivity index (χ1n) is 11.5. The van der Waals surface area contributed by atoms with Crippen LogP contribution in [-0.2, 0) is 6.54 Å². The molecule has 0 spiro atoms. The Kier molecular flexibility index (Phi) is 6.17. The van der Waals surface area contributed by atoms with Crippen molar-refractivity contribution in [1.29, 1.82) is 0 Å². The normalized spacial score (nSPS) is 14.3. The van der Waals surface area contributed by atoms with Crippen LogP contribution >= 0.6 is 0 Å². The molecule has 0 saturated carbocycles. The molecule has 10 heteroatoms. The molecule has 5 rings (SSSR count). The molecule has 0 radical (unpaired) electrons. The molecule has 1 aliphatic rings. The van der Waals surface area contributed by atoms with E-state index < -0.39 is 0 Å². The standard InChI is InChI=1S/C25H26N6O4/c1-34-18-9-6-10-19(35-2)20(18)25(33)30-13-11-17(12-14-30)22-26-23-21(24(32)27-22)28-29-31(23)15-16-7-4-3-5-8-16/h3-10,17H,11-15H2,1-2H3,(H,26,27,32). The SMILES string of the molecule is COc1cccc(OC)c1C(=O)N1CCC(c2nc3c(nnn3Cc3ccccc3)c(=O)[nH]2)CC1. The number of fused-ring (bicyclic) bond motifs is 1. The van der Waals surface area contributed by atoms with Crippen molar-refractivity contribution in [1.82, 2.24) is 29.9 Å². The summed E-state index contributed by atoms with van der Waals surface area (Å²) in [6.07, 6.45) is 1.33. The van der Waals surface area contributed by atoms with E-state index in [0.717, 1.165) is 5.56 Å². The maximum absolute atomic E-state index is 13.3. The van der Waals surface area contributed by atoms with Gasteiger partial charge in [0.15, 0.2) is 11.2 Å². The van der Waals surface area contributed by atoms with E-state index in [0.29, 0.717) is 61.0 Å². The maximum atomic E-state index is 13.3. The molecule has 0 bridgehead atoms. The Morgan fingerprint density at radius 2 is 1.71 bits per heavy atom. The molecule has 1 N–H and O–H groups in total. The molecule has 35 heavy (non-hydrogen) atoms. The number of likely N-dealkylation sites (tertiary alicyclic amines) is 1. The first-order chi connectivity index (χ1) is 17.1. The van der Waals surface area contributed by atoms with Gasteiger partial charge in [0.05, 0.1) is 20.8 Å². The molecule has 10 nitrogen and oxygen atoms in total. The number of hydrogen-bond donors (Lipinski definition) is 1. The molecule has 4 aromatic rings. The minimum absolute atomic E-state index is 0.00999. The first-order valence-corrected chi connectivity index (χ1v) is 11.5. The van der Waals surface area contributed by atoms with Crippen LogP contribution in [0.5, 0.6) is 11.5 Å². The number of piperidine rings is 1. The highest BCUT2D eigenvalue weighted by molar-refractivity contribution is 5.99. The molecule has 1 saturated heterocycles. The number of methoxy groups -OCH3 is 2. The number of aromatic amines is 1. The van der Waals surface area contributed by atoms with Crippen LogP contribution in [0.2, 0.25) is 0 Å². The molecular formula is C25H26N6O4. The summed E-state index contributed by atoms with van der Waals surface area (Å²) in [5.41, 5.74) is 1.84. The Bertz CT molecular complexity index is 1380. The number of ether oxygens (including phenoxy) is 2. The van der Waals surface area contributed by atoms with Crippen molar-refractivity contribution in [3.05, 3.63) is 75.8 Å². The van der Waals surface area contributed by atoms with E-state index in [-0.39, 0.29) is 22.9 Å². The topological polar surface area (TPSA) is 115 Å². The summed E-state index contributed by atoms with van der Waals surface area (Å²) < 4.78 is 12.4. The van der Waals surface area contributed by atoms with Gasteiger partial charge in [-0.25, -0.2) is 9.67 Å². The van der Waals surface area contributed by atoms with E-state index in [4.69, 9.17) is 14.5 Å². The number of aromatic nitrogens is 5. The second-order valence-electron chi connectivity index (χ2n) is 8.46. The van der Waals surface area contributed by atoms with Gasteiger partial charge >= 0.3 is 0 Å². The van der Waals surface area contributed by atoms with Crippen LogP contribution in [0.15, 0.2) is 53.3 Å². The van der Waals surface area contributed by atoms with E-state index in [9.17, 15) is 9.59 Å². The summed E-state index contributed by atoms with van der Waals surface area (Å²) >= 11 is 0. The Hall–Kier alpha value is -4.21. The number of rotatable bonds is 6. The average Bonchev–Trinajstić information content (AvgIpc) is 3.31. The molecule has 2 aromatic heterocycles. The third kappa shape index (κ3) is 4.34. The third-order valence-corrected chi connectivity index (χ3v) is 6.38. The largest absolute Gasteiger partial charge is 0.496 e. The van der Waals surface area contributed by atoms with Gasteiger partial charge < -0.3 is 19.4 Å². The lowest BCUT2D eigenvalue weighted by Gasteiger charge is -2.32. The fourth-order valence-electron chi connectivity index (χ4n) is 4.52. The van der Waals surface area contributed by atoms with E-state index in [1.807, 2.05) is 30.3 Å². The summed E-state index contributed by atoms with van der Waals surface area (Å²) in [7, 11) is 3.07. The van der Waals surface area contributed by atoms with Crippen molar-refractivity contribution in [2.24, 2.45) is 0 Å². The number of carbonyl (C=O) groups is 1. The predicted molar refractivity (Wildman–Crippen MR) is 129 cm³/mol. The van der Waals surface area contributed by atoms with Gasteiger partial charge in [-0.05, 0) is 30.5 Å². The molecule has 1 fully saturated rings. The number of amides is 1. The Morgan fingerprint density at radius 3 is 2.37 bits per heavy atom. The Labute approximate surface area is 201 Å². The second-order valence-corrected chi connectivity index (χ2v) is 8.46. The van der Waals surface area contributed by atoms with Gasteiger partial charge in [-0.3, -0.25) is 9.59 Å². The maximum Gasteiger partial charge on any atom is 0.281 e. The van der Waals surface area contributed by atoms with Crippen LogP contribution in [0.4, 0.5) is 0 Å². The van der Waals surface area contributed by atoms with Gasteiger partial charge in [0, 0.05) is 19.0 Å². The fraction of sp³-hybridized carbons (Fsp3) is 0.320. The van der Waals surface area contributed by atoms with Crippen LogP contribution in [-0.4, -0.2) is 63.1 Å². The van der Waals surface area contributed by atoms with Gasteiger partial charge in [-0.15, -0.1) is 5.10 Å². The van der Waals surface area contributed by atoms with E-state index >= 15 is 0 Å². The lowest BCUT2D eigenvalue weighted by molar-refractivity contribution is 0.0704. The van der Waals surface area contributed by atoms with Crippen LogP contribution in [0, 0.1) is 0 Å². The lowest BCUT2D eigenvalue weighted by atomic mass is 9.95. The van der Waals surface area contributed by atoms with Crippen molar-refractivity contribution in [2.75, 3.05) is 27.3 Å².